The summed E-state index contributed by atoms with van der Waals surface area (Å²) < 4.78 is 0. The van der Waals surface area contributed by atoms with E-state index in [0.717, 1.165) is 36.6 Å². The van der Waals surface area contributed by atoms with Crippen molar-refractivity contribution in [1.29, 1.82) is 0 Å². The molecule has 3 rings (SSSR count). The summed E-state index contributed by atoms with van der Waals surface area (Å²) in [5.41, 5.74) is 6.82. The maximum absolute atomic E-state index is 11.3. The first-order chi connectivity index (χ1) is 12.1. The van der Waals surface area contributed by atoms with E-state index >= 15 is 0 Å². The fraction of sp³-hybridized carbons (Fsp3) is 0.389. The molecule has 7 nitrogen and oxygen atoms in total. The molecule has 1 aliphatic rings. The third-order valence-corrected chi connectivity index (χ3v) is 4.54. The molecule has 0 bridgehead atoms. The third-order valence-electron chi connectivity index (χ3n) is 4.54. The number of carbonyl (C=O) groups excluding carboxylic acids is 1. The van der Waals surface area contributed by atoms with E-state index in [4.69, 9.17) is 5.73 Å². The number of primary amides is 1. The number of hydrogen-bond acceptors (Lipinski definition) is 6. The van der Waals surface area contributed by atoms with Crippen molar-refractivity contribution >= 4 is 17.5 Å². The van der Waals surface area contributed by atoms with E-state index in [2.05, 4.69) is 14.9 Å². The highest BCUT2D eigenvalue weighted by Crippen LogP contribution is 2.25. The Kier molecular flexibility index (Phi) is 5.14. The van der Waals surface area contributed by atoms with Gasteiger partial charge in [-0.3, -0.25) is 4.79 Å². The number of anilines is 2. The topological polar surface area (TPSA) is 95.6 Å². The van der Waals surface area contributed by atoms with Crippen LogP contribution in [-0.4, -0.2) is 47.2 Å². The number of aliphatic hydroxyl groups is 1. The molecule has 132 valence electrons. The number of nitrogens with zero attached hydrogens (tertiary/aromatic N) is 4. The van der Waals surface area contributed by atoms with Gasteiger partial charge in [-0.25, -0.2) is 9.97 Å². The highest BCUT2D eigenvalue weighted by Gasteiger charge is 2.25. The lowest BCUT2D eigenvalue weighted by Crippen LogP contribution is -2.33. The molecule has 0 unspecified atom stereocenters. The first-order valence-electron chi connectivity index (χ1n) is 8.38. The van der Waals surface area contributed by atoms with Gasteiger partial charge in [0.05, 0.1) is 12.6 Å². The zero-order chi connectivity index (χ0) is 17.8. The molecule has 0 spiro atoms. The third kappa shape index (κ3) is 3.88. The van der Waals surface area contributed by atoms with Gasteiger partial charge in [-0.05, 0) is 30.5 Å². The van der Waals surface area contributed by atoms with Gasteiger partial charge in [0.1, 0.15) is 18.0 Å². The van der Waals surface area contributed by atoms with Gasteiger partial charge in [0.2, 0.25) is 5.91 Å². The summed E-state index contributed by atoms with van der Waals surface area (Å²) in [4.78, 5) is 24.2. The fourth-order valence-corrected chi connectivity index (χ4v) is 3.21. The maximum Gasteiger partial charge on any atom is 0.248 e. The summed E-state index contributed by atoms with van der Waals surface area (Å²) in [6.45, 7) is 1.63. The van der Waals surface area contributed by atoms with E-state index < -0.39 is 5.91 Å². The number of hydrogen-bond donors (Lipinski definition) is 2. The number of nitrogens with two attached hydrogens (primary N) is 1. The molecule has 7 heteroatoms. The first-order valence-corrected chi connectivity index (χ1v) is 8.38. The number of amides is 1. The van der Waals surface area contributed by atoms with Crippen molar-refractivity contribution in [3.8, 4) is 0 Å². The van der Waals surface area contributed by atoms with Crippen molar-refractivity contribution in [1.82, 2.24) is 9.97 Å². The van der Waals surface area contributed by atoms with Crippen LogP contribution in [0.5, 0.6) is 0 Å². The molecule has 25 heavy (non-hydrogen) atoms. The Bertz CT molecular complexity index is 752. The van der Waals surface area contributed by atoms with Crippen LogP contribution in [0.2, 0.25) is 0 Å². The highest BCUT2D eigenvalue weighted by atomic mass is 16.3. The molecule has 0 radical (unpaired) electrons. The predicted molar refractivity (Wildman–Crippen MR) is 96.6 cm³/mol. The molecule has 2 aromatic rings. The summed E-state index contributed by atoms with van der Waals surface area (Å²) in [6.07, 6.45) is 3.58. The van der Waals surface area contributed by atoms with Gasteiger partial charge in [-0.15, -0.1) is 0 Å². The standard InChI is InChI=1S/C18H23N5O2/c1-22(10-13-4-2-5-14(8-13)18(19)25)16-9-17(21-12-20-16)23-7-3-6-15(23)11-24/h2,4-5,8-9,12,15,24H,3,6-7,10-11H2,1H3,(H2,19,25)/t15-/m1/s1. The van der Waals surface area contributed by atoms with E-state index in [1.54, 1.807) is 18.5 Å². The smallest absolute Gasteiger partial charge is 0.248 e. The molecule has 1 fully saturated rings. The zero-order valence-electron chi connectivity index (χ0n) is 14.3. The lowest BCUT2D eigenvalue weighted by molar-refractivity contribution is 0.1000. The van der Waals surface area contributed by atoms with Crippen LogP contribution < -0.4 is 15.5 Å². The normalized spacial score (nSPS) is 16.9. The minimum atomic E-state index is -0.432. The Morgan fingerprint density at radius 1 is 1.40 bits per heavy atom. The van der Waals surface area contributed by atoms with Gasteiger partial charge in [-0.2, -0.15) is 0 Å². The van der Waals surface area contributed by atoms with Crippen molar-refractivity contribution in [2.45, 2.75) is 25.4 Å². The van der Waals surface area contributed by atoms with Crippen molar-refractivity contribution in [2.24, 2.45) is 5.73 Å². The van der Waals surface area contributed by atoms with E-state index in [1.807, 2.05) is 30.1 Å². The summed E-state index contributed by atoms with van der Waals surface area (Å²) in [7, 11) is 1.94. The summed E-state index contributed by atoms with van der Waals surface area (Å²) in [5.74, 6) is 1.19. The van der Waals surface area contributed by atoms with E-state index in [-0.39, 0.29) is 12.6 Å². The molecular weight excluding hydrogens is 318 g/mol. The van der Waals surface area contributed by atoms with E-state index in [1.165, 1.54) is 0 Å². The van der Waals surface area contributed by atoms with Crippen molar-refractivity contribution in [3.05, 3.63) is 47.8 Å². The Hall–Kier alpha value is -2.67. The Balaban J connectivity index is 1.76. The van der Waals surface area contributed by atoms with Crippen LogP contribution in [0.25, 0.3) is 0 Å². The second-order valence-corrected chi connectivity index (χ2v) is 6.33. The summed E-state index contributed by atoms with van der Waals surface area (Å²) in [5, 5.41) is 9.51. The van der Waals surface area contributed by atoms with Gasteiger partial charge in [0, 0.05) is 31.8 Å². The molecule has 1 aromatic carbocycles. The van der Waals surface area contributed by atoms with Gasteiger partial charge >= 0.3 is 0 Å². The summed E-state index contributed by atoms with van der Waals surface area (Å²) in [6, 6.07) is 9.34. The molecule has 0 saturated carbocycles. The number of benzene rings is 1. The number of aliphatic hydroxyl groups excluding tert-OH is 1. The van der Waals surface area contributed by atoms with E-state index in [9.17, 15) is 9.90 Å². The van der Waals surface area contributed by atoms with Gasteiger partial charge in [-0.1, -0.05) is 12.1 Å². The first kappa shape index (κ1) is 17.2. The van der Waals surface area contributed by atoms with Crippen LogP contribution >= 0.6 is 0 Å². The number of rotatable bonds is 6. The second-order valence-electron chi connectivity index (χ2n) is 6.33. The van der Waals surface area contributed by atoms with Crippen LogP contribution in [0.15, 0.2) is 36.7 Å². The van der Waals surface area contributed by atoms with Gasteiger partial charge in [0.25, 0.3) is 0 Å². The van der Waals surface area contributed by atoms with E-state index in [0.29, 0.717) is 12.1 Å². The number of carbonyl (C=O) groups is 1. The highest BCUT2D eigenvalue weighted by molar-refractivity contribution is 5.92. The second kappa shape index (κ2) is 7.48. The average molecular weight is 341 g/mol. The molecule has 1 saturated heterocycles. The van der Waals surface area contributed by atoms with Crippen LogP contribution in [0.1, 0.15) is 28.8 Å². The SMILES string of the molecule is CN(Cc1cccc(C(N)=O)c1)c1cc(N2CCC[C@@H]2CO)ncn1. The summed E-state index contributed by atoms with van der Waals surface area (Å²) >= 11 is 0. The predicted octanol–water partition coefficient (Wildman–Crippen LogP) is 1.17. The largest absolute Gasteiger partial charge is 0.394 e. The van der Waals surface area contributed by atoms with Crippen LogP contribution in [-0.2, 0) is 6.54 Å². The van der Waals surface area contributed by atoms with Crippen LogP contribution in [0.4, 0.5) is 11.6 Å². The lowest BCUT2D eigenvalue weighted by atomic mass is 10.1. The van der Waals surface area contributed by atoms with Gasteiger partial charge in [0.15, 0.2) is 0 Å². The van der Waals surface area contributed by atoms with Crippen LogP contribution in [0, 0.1) is 0 Å². The zero-order valence-corrected chi connectivity index (χ0v) is 14.3. The average Bonchev–Trinajstić information content (AvgIpc) is 3.11. The van der Waals surface area contributed by atoms with Crippen LogP contribution in [0.3, 0.4) is 0 Å². The quantitative estimate of drug-likeness (QED) is 0.819. The Morgan fingerprint density at radius 3 is 3.00 bits per heavy atom. The van der Waals surface area contributed by atoms with Crippen molar-refractivity contribution in [3.63, 3.8) is 0 Å². The monoisotopic (exact) mass is 341 g/mol. The molecule has 1 amide bonds. The minimum Gasteiger partial charge on any atom is -0.394 e. The van der Waals surface area contributed by atoms with Gasteiger partial charge < -0.3 is 20.6 Å². The molecule has 2 heterocycles. The molecule has 0 aliphatic carbocycles. The lowest BCUT2D eigenvalue weighted by Gasteiger charge is -2.25. The molecule has 3 N–H and O–H groups in total. The molecule has 1 aromatic heterocycles. The minimum absolute atomic E-state index is 0.125. The van der Waals surface area contributed by atoms with Crippen molar-refractivity contribution in [2.75, 3.05) is 30.0 Å². The van der Waals surface area contributed by atoms with Crippen molar-refractivity contribution < 1.29 is 9.90 Å². The Labute approximate surface area is 147 Å². The molecular formula is C18H23N5O2. The fourth-order valence-electron chi connectivity index (χ4n) is 3.21. The molecule has 1 atom stereocenters. The maximum atomic E-state index is 11.3. The molecule has 1 aliphatic heterocycles. The number of aromatic nitrogens is 2. The Morgan fingerprint density at radius 2 is 2.24 bits per heavy atom.